The predicted molar refractivity (Wildman–Crippen MR) is 181 cm³/mol. The third kappa shape index (κ3) is 8.30. The Morgan fingerprint density at radius 2 is 1.66 bits per heavy atom. The van der Waals surface area contributed by atoms with Gasteiger partial charge in [0.15, 0.2) is 23.2 Å². The van der Waals surface area contributed by atoms with Gasteiger partial charge in [-0.05, 0) is 68.7 Å². The highest BCUT2D eigenvalue weighted by atomic mass is 16.8. The molecule has 3 N–H and O–H groups in total. The third-order valence-corrected chi connectivity index (χ3v) is 8.19. The number of nitrogens with zero attached hydrogens (tertiary/aromatic N) is 5. The number of azo groups is 1. The number of anilines is 1. The summed E-state index contributed by atoms with van der Waals surface area (Å²) in [4.78, 5) is 47.9. The highest BCUT2D eigenvalue weighted by molar-refractivity contribution is 5.92. The van der Waals surface area contributed by atoms with E-state index in [4.69, 9.17) is 29.4 Å². The number of nitrogens with one attached hydrogen (secondary N) is 1. The Morgan fingerprint density at radius 3 is 2.38 bits per heavy atom. The van der Waals surface area contributed by atoms with Crippen LogP contribution in [0.25, 0.3) is 11.2 Å². The number of aryl methyl sites for hydroxylation is 1. The molecular weight excluding hydrogens is 646 g/mol. The number of imidazole rings is 1. The average Bonchev–Trinajstić information content (AvgIpc) is 3.75. The second-order valence-electron chi connectivity index (χ2n) is 12.5. The number of unbranched alkanes of at least 4 members (excludes halogenated alkanes) is 3. The van der Waals surface area contributed by atoms with Crippen LogP contribution in [0.1, 0.15) is 58.2 Å². The number of aromatic amines is 1. The van der Waals surface area contributed by atoms with Gasteiger partial charge in [-0.2, -0.15) is 15.2 Å². The maximum atomic E-state index is 12.5. The first-order chi connectivity index (χ1) is 24.1. The normalized spacial score (nSPS) is 21.3. The predicted octanol–water partition coefficient (Wildman–Crippen LogP) is 5.36. The number of nitrogen functional groups attached to an aromatic ring is 1. The molecule has 4 atom stereocenters. The summed E-state index contributed by atoms with van der Waals surface area (Å²) in [6, 6.07) is 14.5. The van der Waals surface area contributed by atoms with Gasteiger partial charge in [0.25, 0.3) is 5.56 Å². The molecule has 50 heavy (non-hydrogen) atoms. The average molecular weight is 686 g/mol. The van der Waals surface area contributed by atoms with Crippen LogP contribution in [-0.2, 0) is 35.0 Å². The molecule has 15 heteroatoms. The fourth-order valence-corrected chi connectivity index (χ4v) is 5.83. The minimum Gasteiger partial charge on any atom is -0.460 e. The number of aromatic nitrogens is 4. The number of benzene rings is 2. The molecule has 2 aromatic heterocycles. The third-order valence-electron chi connectivity index (χ3n) is 8.19. The van der Waals surface area contributed by atoms with Crippen molar-refractivity contribution in [1.82, 2.24) is 19.5 Å². The van der Waals surface area contributed by atoms with Crippen molar-refractivity contribution in [1.29, 1.82) is 0 Å². The number of rotatable bonds is 13. The lowest BCUT2D eigenvalue weighted by molar-refractivity contribution is -0.201. The number of esters is 2. The van der Waals surface area contributed by atoms with Gasteiger partial charge < -0.3 is 29.4 Å². The van der Waals surface area contributed by atoms with E-state index in [0.717, 1.165) is 24.3 Å². The first kappa shape index (κ1) is 34.6. The molecule has 15 nitrogen and oxygen atoms in total. The van der Waals surface area contributed by atoms with Crippen LogP contribution in [0.15, 0.2) is 82.0 Å². The molecule has 0 radical (unpaired) electrons. The molecule has 4 heterocycles. The van der Waals surface area contributed by atoms with Crippen molar-refractivity contribution in [2.75, 3.05) is 12.3 Å². The molecule has 2 aromatic carbocycles. The molecular formula is C35H39N7O8. The van der Waals surface area contributed by atoms with E-state index in [9.17, 15) is 14.4 Å². The lowest BCUT2D eigenvalue weighted by Gasteiger charge is -2.24. The molecule has 2 fully saturated rings. The summed E-state index contributed by atoms with van der Waals surface area (Å²) in [7, 11) is 0. The Kier molecular flexibility index (Phi) is 10.5. The highest BCUT2D eigenvalue weighted by Gasteiger charge is 2.56. The Labute approximate surface area is 287 Å². The monoisotopic (exact) mass is 685 g/mol. The first-order valence-corrected chi connectivity index (χ1v) is 16.5. The summed E-state index contributed by atoms with van der Waals surface area (Å²) in [5.74, 6) is -2.34. The van der Waals surface area contributed by atoms with Crippen LogP contribution in [0, 0.1) is 0 Å². The fourth-order valence-electron chi connectivity index (χ4n) is 5.83. The lowest BCUT2D eigenvalue weighted by Crippen LogP contribution is -2.33. The Balaban J connectivity index is 0.990. The first-order valence-electron chi connectivity index (χ1n) is 16.5. The molecule has 0 spiro atoms. The van der Waals surface area contributed by atoms with E-state index in [-0.39, 0.29) is 29.5 Å². The van der Waals surface area contributed by atoms with Crippen molar-refractivity contribution in [2.24, 2.45) is 10.2 Å². The van der Waals surface area contributed by atoms with E-state index in [1.54, 1.807) is 38.1 Å². The van der Waals surface area contributed by atoms with Gasteiger partial charge in [-0.3, -0.25) is 14.3 Å². The zero-order chi connectivity index (χ0) is 35.3. The molecule has 2 saturated heterocycles. The quantitative estimate of drug-likeness (QED) is 0.0604. The molecule has 0 bridgehead atoms. The number of carbonyl (C=O) groups excluding carboxylic acids is 2. The molecule has 2 aliphatic rings. The number of hydrogen-bond donors (Lipinski definition) is 2. The Morgan fingerprint density at radius 1 is 0.980 bits per heavy atom. The highest BCUT2D eigenvalue weighted by Crippen LogP contribution is 2.43. The van der Waals surface area contributed by atoms with Gasteiger partial charge in [-0.15, -0.1) is 0 Å². The topological polar surface area (TPSA) is 195 Å². The Hall–Kier alpha value is -5.25. The van der Waals surface area contributed by atoms with Gasteiger partial charge in [0.1, 0.15) is 30.7 Å². The Bertz CT molecular complexity index is 1940. The van der Waals surface area contributed by atoms with Crippen LogP contribution in [-0.4, -0.2) is 62.2 Å². The number of hydrogen-bond acceptors (Lipinski definition) is 13. The van der Waals surface area contributed by atoms with Crippen LogP contribution in [0.2, 0.25) is 0 Å². The number of ether oxygens (including phenoxy) is 5. The van der Waals surface area contributed by atoms with Crippen molar-refractivity contribution in [3.8, 4) is 5.75 Å². The van der Waals surface area contributed by atoms with Gasteiger partial charge in [0.05, 0.1) is 17.7 Å². The van der Waals surface area contributed by atoms with Crippen LogP contribution in [0.4, 0.5) is 17.3 Å². The van der Waals surface area contributed by atoms with Crippen LogP contribution >= 0.6 is 0 Å². The summed E-state index contributed by atoms with van der Waals surface area (Å²) in [5, 5.41) is 8.53. The number of fused-ring (bicyclic) bond motifs is 2. The van der Waals surface area contributed by atoms with Gasteiger partial charge >= 0.3 is 11.9 Å². The summed E-state index contributed by atoms with van der Waals surface area (Å²) >= 11 is 0. The van der Waals surface area contributed by atoms with Crippen molar-refractivity contribution in [3.05, 3.63) is 82.9 Å². The molecule has 262 valence electrons. The number of nitrogens with two attached hydrogens (primary N) is 1. The summed E-state index contributed by atoms with van der Waals surface area (Å²) in [6.45, 7) is 5.49. The molecule has 0 saturated carbocycles. The minimum absolute atomic E-state index is 0.0792. The number of carbonyl (C=O) groups is 2. The van der Waals surface area contributed by atoms with Gasteiger partial charge in [0, 0.05) is 12.2 Å². The largest absolute Gasteiger partial charge is 0.460 e. The summed E-state index contributed by atoms with van der Waals surface area (Å²) < 4.78 is 30.5. The van der Waals surface area contributed by atoms with E-state index in [2.05, 4.69) is 44.2 Å². The van der Waals surface area contributed by atoms with Crippen molar-refractivity contribution >= 4 is 40.4 Å². The van der Waals surface area contributed by atoms with Crippen molar-refractivity contribution in [2.45, 2.75) is 83.2 Å². The second-order valence-corrected chi connectivity index (χ2v) is 12.5. The van der Waals surface area contributed by atoms with E-state index in [0.29, 0.717) is 5.69 Å². The minimum atomic E-state index is -0.954. The van der Waals surface area contributed by atoms with E-state index in [1.807, 2.05) is 12.1 Å². The van der Waals surface area contributed by atoms with Gasteiger partial charge in [-0.25, -0.2) is 14.6 Å². The van der Waals surface area contributed by atoms with Crippen molar-refractivity contribution in [3.63, 3.8) is 0 Å². The molecule has 2 aliphatic heterocycles. The summed E-state index contributed by atoms with van der Waals surface area (Å²) in [5.41, 5.74) is 8.15. The van der Waals surface area contributed by atoms with E-state index >= 15 is 0 Å². The van der Waals surface area contributed by atoms with Gasteiger partial charge in [-0.1, -0.05) is 38.3 Å². The molecule has 0 unspecified atom stereocenters. The van der Waals surface area contributed by atoms with Crippen LogP contribution in [0.5, 0.6) is 5.75 Å². The standard InChI is InChI=1S/C35H39N7O8/c1-4-5-6-7-8-21-9-11-22(12-10-21)40-41-23-13-15-24(16-14-23)47-27(44)18-17-26(43)46-19-25-29-30(50-35(2,3)49-29)33(48-25)42-20-37-28-31(42)38-34(36)39-32(28)45/h9-18,20,25,29-30,33H,4-8,19H2,1-3H3,(H3,36,38,39,45)/b18-17+,41-40?/t25-,29-,30-,33-/m1/s1. The van der Waals surface area contributed by atoms with Crippen molar-refractivity contribution < 1.29 is 33.3 Å². The maximum absolute atomic E-state index is 12.5. The van der Waals surface area contributed by atoms with E-state index < -0.39 is 47.8 Å². The fraction of sp³-hybridized carbons (Fsp3) is 0.400. The number of H-pyrrole nitrogens is 1. The smallest absolute Gasteiger partial charge is 0.336 e. The molecule has 6 rings (SSSR count). The SMILES string of the molecule is CCCCCCc1ccc(N=Nc2ccc(OC(=O)/C=C/C(=O)OC[C@H]3O[C@@H](n4cnc5c(=O)[nH]c(N)nc54)[C@@H]4OC(C)(C)O[C@@H]43)cc2)cc1. The van der Waals surface area contributed by atoms with Crippen LogP contribution in [0.3, 0.4) is 0 Å². The maximum Gasteiger partial charge on any atom is 0.336 e. The summed E-state index contributed by atoms with van der Waals surface area (Å²) in [6.07, 6.45) is 6.48. The van der Waals surface area contributed by atoms with Crippen LogP contribution < -0.4 is 16.0 Å². The molecule has 0 amide bonds. The zero-order valence-corrected chi connectivity index (χ0v) is 28.0. The molecule has 4 aromatic rings. The molecule has 0 aliphatic carbocycles. The van der Waals surface area contributed by atoms with E-state index in [1.165, 1.54) is 42.1 Å². The van der Waals surface area contributed by atoms with Gasteiger partial charge in [0.2, 0.25) is 5.95 Å². The zero-order valence-electron chi connectivity index (χ0n) is 28.0. The second kappa shape index (κ2) is 15.1. The lowest BCUT2D eigenvalue weighted by atomic mass is 10.1.